The van der Waals surface area contributed by atoms with Crippen molar-refractivity contribution in [1.29, 1.82) is 5.26 Å². The number of hydrogen-bond acceptors (Lipinski definition) is 10. The summed E-state index contributed by atoms with van der Waals surface area (Å²) in [5.74, 6) is 0.802. The van der Waals surface area contributed by atoms with E-state index in [2.05, 4.69) is 26.9 Å². The second-order valence-corrected chi connectivity index (χ2v) is 8.95. The first-order chi connectivity index (χ1) is 19.3. The molecule has 2 aromatic heterocycles. The number of nitrogens with two attached hydrogens (primary N) is 2. The van der Waals surface area contributed by atoms with Gasteiger partial charge in [-0.2, -0.15) is 10.2 Å². The van der Waals surface area contributed by atoms with E-state index in [4.69, 9.17) is 21.7 Å². The van der Waals surface area contributed by atoms with Crippen LogP contribution >= 0.6 is 0 Å². The van der Waals surface area contributed by atoms with Crippen molar-refractivity contribution in [3.63, 3.8) is 0 Å². The van der Waals surface area contributed by atoms with Gasteiger partial charge < -0.3 is 21.5 Å². The van der Waals surface area contributed by atoms with E-state index in [9.17, 15) is 9.59 Å². The molecule has 0 fully saturated rings. The summed E-state index contributed by atoms with van der Waals surface area (Å²) in [6.07, 6.45) is 3.57. The highest BCUT2D eigenvalue weighted by atomic mass is 16.5. The van der Waals surface area contributed by atoms with Crippen molar-refractivity contribution in [2.75, 3.05) is 30.4 Å². The molecule has 11 heteroatoms. The van der Waals surface area contributed by atoms with Crippen LogP contribution < -0.4 is 22.3 Å². The van der Waals surface area contributed by atoms with Crippen LogP contribution in [0.1, 0.15) is 49.7 Å². The molecule has 0 atom stereocenters. The number of carbonyl (C=O) groups is 1. The number of aromatic nitrogens is 4. The normalized spacial score (nSPS) is 10.3. The van der Waals surface area contributed by atoms with Gasteiger partial charge in [-0.05, 0) is 50.5 Å². The number of nitriles is 1. The number of carbonyl (C=O) groups excluding carboxylic acids is 1. The van der Waals surface area contributed by atoms with E-state index >= 15 is 0 Å². The number of hydrogen-bond donors (Lipinski definition) is 3. The standard InChI is InChI=1S/C23H27N3O3.C6H7N5/c1-3-10-20-25-19-14-9-13-18(24-16-8-7-15-21(27)29-2)22(19)23(28)26(20)17-11-5-4-6-12-17;1-3-4(2-7)5(8)11-6(9)10-3/h4-6,9,11-14,24H,3,7-8,10,15-16H2,1-2H3;1H3,(H4,8,9,10,11). The van der Waals surface area contributed by atoms with E-state index in [1.54, 1.807) is 11.5 Å². The summed E-state index contributed by atoms with van der Waals surface area (Å²) in [7, 11) is 1.40. The summed E-state index contributed by atoms with van der Waals surface area (Å²) >= 11 is 0. The number of benzene rings is 2. The van der Waals surface area contributed by atoms with Crippen LogP contribution in [-0.2, 0) is 16.0 Å². The van der Waals surface area contributed by atoms with Crippen LogP contribution in [0.25, 0.3) is 16.6 Å². The third kappa shape index (κ3) is 7.32. The van der Waals surface area contributed by atoms with Gasteiger partial charge in [-0.3, -0.25) is 14.2 Å². The lowest BCUT2D eigenvalue weighted by Crippen LogP contribution is -2.24. The lowest BCUT2D eigenvalue weighted by Gasteiger charge is -2.15. The second-order valence-electron chi connectivity index (χ2n) is 8.95. The quantitative estimate of drug-likeness (QED) is 0.208. The number of para-hydroxylation sites is 1. The van der Waals surface area contributed by atoms with Crippen molar-refractivity contribution in [1.82, 2.24) is 19.5 Å². The number of aryl methyl sites for hydroxylation is 2. The average Bonchev–Trinajstić information content (AvgIpc) is 2.93. The molecule has 0 aliphatic heterocycles. The first-order valence-corrected chi connectivity index (χ1v) is 13.0. The van der Waals surface area contributed by atoms with Crippen LogP contribution in [0.3, 0.4) is 0 Å². The highest BCUT2D eigenvalue weighted by Gasteiger charge is 2.15. The smallest absolute Gasteiger partial charge is 0.305 e. The third-order valence-electron chi connectivity index (χ3n) is 6.05. The van der Waals surface area contributed by atoms with Gasteiger partial charge in [-0.25, -0.2) is 9.97 Å². The first kappa shape index (κ1) is 29.6. The molecule has 11 nitrogen and oxygen atoms in total. The van der Waals surface area contributed by atoms with E-state index in [-0.39, 0.29) is 23.3 Å². The van der Waals surface area contributed by atoms with E-state index in [0.717, 1.165) is 42.9 Å². The molecule has 0 saturated carbocycles. The molecule has 208 valence electrons. The van der Waals surface area contributed by atoms with Crippen molar-refractivity contribution in [3.8, 4) is 11.8 Å². The van der Waals surface area contributed by atoms with E-state index in [0.29, 0.717) is 35.1 Å². The zero-order valence-corrected chi connectivity index (χ0v) is 23.0. The number of nitrogens with one attached hydrogen (secondary N) is 1. The summed E-state index contributed by atoms with van der Waals surface area (Å²) in [5, 5.41) is 12.5. The lowest BCUT2D eigenvalue weighted by atomic mass is 10.1. The molecule has 0 bridgehead atoms. The third-order valence-corrected chi connectivity index (χ3v) is 6.05. The molecule has 0 aliphatic carbocycles. The number of rotatable bonds is 9. The Hall–Kier alpha value is -4.98. The Morgan fingerprint density at radius 1 is 1.07 bits per heavy atom. The van der Waals surface area contributed by atoms with Gasteiger partial charge in [0.2, 0.25) is 5.95 Å². The highest BCUT2D eigenvalue weighted by molar-refractivity contribution is 5.90. The number of fused-ring (bicyclic) bond motifs is 1. The monoisotopic (exact) mass is 542 g/mol. The number of anilines is 3. The maximum atomic E-state index is 13.5. The van der Waals surface area contributed by atoms with E-state index in [1.165, 1.54) is 7.11 Å². The van der Waals surface area contributed by atoms with Gasteiger partial charge >= 0.3 is 5.97 Å². The largest absolute Gasteiger partial charge is 0.469 e. The Balaban J connectivity index is 0.000000336. The molecular weight excluding hydrogens is 508 g/mol. The fourth-order valence-electron chi connectivity index (χ4n) is 4.13. The van der Waals surface area contributed by atoms with Gasteiger partial charge in [-0.1, -0.05) is 31.2 Å². The molecular formula is C29H34N8O3. The summed E-state index contributed by atoms with van der Waals surface area (Å²) in [6.45, 7) is 4.41. The first-order valence-electron chi connectivity index (χ1n) is 13.0. The fourth-order valence-corrected chi connectivity index (χ4v) is 4.13. The van der Waals surface area contributed by atoms with Crippen molar-refractivity contribution < 1.29 is 9.53 Å². The Kier molecular flexibility index (Phi) is 10.5. The number of ether oxygens (including phenoxy) is 1. The molecule has 0 unspecified atom stereocenters. The Morgan fingerprint density at radius 3 is 2.48 bits per heavy atom. The zero-order valence-electron chi connectivity index (χ0n) is 23.0. The minimum absolute atomic E-state index is 0.0673. The maximum absolute atomic E-state index is 13.5. The van der Waals surface area contributed by atoms with Crippen LogP contribution in [0.2, 0.25) is 0 Å². The Bertz CT molecular complexity index is 1540. The van der Waals surface area contributed by atoms with Gasteiger partial charge in [0.25, 0.3) is 5.56 Å². The Labute approximate surface area is 232 Å². The molecule has 0 spiro atoms. The molecule has 2 aromatic carbocycles. The van der Waals surface area contributed by atoms with Crippen LogP contribution in [0.4, 0.5) is 17.5 Å². The molecule has 0 radical (unpaired) electrons. The molecule has 4 rings (SSSR count). The molecule has 40 heavy (non-hydrogen) atoms. The maximum Gasteiger partial charge on any atom is 0.305 e. The number of esters is 1. The molecule has 0 aliphatic rings. The predicted molar refractivity (Wildman–Crippen MR) is 156 cm³/mol. The molecule has 4 aromatic rings. The SMILES string of the molecule is CCCc1nc2cccc(NCCCCC(=O)OC)c2c(=O)n1-c1ccccc1.Cc1nc(N)nc(N)c1C#N. The predicted octanol–water partition coefficient (Wildman–Crippen LogP) is 3.91. The molecule has 5 N–H and O–H groups in total. The molecule has 0 amide bonds. The van der Waals surface area contributed by atoms with E-state index < -0.39 is 0 Å². The summed E-state index contributed by atoms with van der Waals surface area (Å²) < 4.78 is 6.38. The molecule has 0 saturated heterocycles. The van der Waals surface area contributed by atoms with Gasteiger partial charge in [0.05, 0.1) is 29.4 Å². The summed E-state index contributed by atoms with van der Waals surface area (Å²) in [6, 6.07) is 17.2. The minimum atomic E-state index is -0.200. The number of nitrogens with zero attached hydrogens (tertiary/aromatic N) is 5. The van der Waals surface area contributed by atoms with Crippen LogP contribution in [0, 0.1) is 18.3 Å². The second kappa shape index (κ2) is 14.2. The highest BCUT2D eigenvalue weighted by Crippen LogP contribution is 2.21. The summed E-state index contributed by atoms with van der Waals surface area (Å²) in [5.41, 5.74) is 13.7. The number of unbranched alkanes of at least 4 members (excludes halogenated alkanes) is 1. The fraction of sp³-hybridized carbons (Fsp3) is 0.310. The number of methoxy groups -OCH3 is 1. The molecule has 2 heterocycles. The topological polar surface area (TPSA) is 175 Å². The van der Waals surface area contributed by atoms with Crippen LogP contribution in [0.15, 0.2) is 53.3 Å². The van der Waals surface area contributed by atoms with Gasteiger partial charge in [0.1, 0.15) is 23.3 Å². The van der Waals surface area contributed by atoms with Gasteiger partial charge in [0, 0.05) is 25.1 Å². The van der Waals surface area contributed by atoms with E-state index in [1.807, 2.05) is 54.6 Å². The van der Waals surface area contributed by atoms with Crippen LogP contribution in [0.5, 0.6) is 0 Å². The van der Waals surface area contributed by atoms with Crippen molar-refractivity contribution in [3.05, 3.63) is 76.0 Å². The zero-order chi connectivity index (χ0) is 29.1. The van der Waals surface area contributed by atoms with Gasteiger partial charge in [-0.15, -0.1) is 0 Å². The average molecular weight is 543 g/mol. The van der Waals surface area contributed by atoms with Crippen molar-refractivity contribution in [2.24, 2.45) is 0 Å². The van der Waals surface area contributed by atoms with Crippen LogP contribution in [-0.4, -0.2) is 39.1 Å². The van der Waals surface area contributed by atoms with Gasteiger partial charge in [0.15, 0.2) is 0 Å². The minimum Gasteiger partial charge on any atom is -0.469 e. The number of nitrogen functional groups attached to an aromatic ring is 2. The Morgan fingerprint density at radius 2 is 1.82 bits per heavy atom. The van der Waals surface area contributed by atoms with Crippen molar-refractivity contribution in [2.45, 2.75) is 46.0 Å². The summed E-state index contributed by atoms with van der Waals surface area (Å²) in [4.78, 5) is 36.9. The lowest BCUT2D eigenvalue weighted by molar-refractivity contribution is -0.140. The van der Waals surface area contributed by atoms with Crippen molar-refractivity contribution >= 4 is 34.3 Å².